The summed E-state index contributed by atoms with van der Waals surface area (Å²) in [5.41, 5.74) is 2.40. The Morgan fingerprint density at radius 3 is 2.76 bits per heavy atom. The Balaban J connectivity index is 1.80. The molecule has 128 valence electrons. The molecule has 4 nitrogen and oxygen atoms in total. The van der Waals surface area contributed by atoms with Gasteiger partial charge in [0, 0.05) is 16.5 Å². The van der Waals surface area contributed by atoms with E-state index in [9.17, 15) is 13.6 Å². The highest BCUT2D eigenvalue weighted by molar-refractivity contribution is 7.14. The molecule has 2 aromatic carbocycles. The fraction of sp³-hybridized carbons (Fsp3) is 0.111. The van der Waals surface area contributed by atoms with Gasteiger partial charge in [0.2, 0.25) is 0 Å². The van der Waals surface area contributed by atoms with Crippen molar-refractivity contribution >= 4 is 22.4 Å². The molecule has 1 heterocycles. The Labute approximate surface area is 147 Å². The van der Waals surface area contributed by atoms with Crippen LogP contribution >= 0.6 is 11.3 Å². The van der Waals surface area contributed by atoms with Gasteiger partial charge < -0.3 is 4.74 Å². The number of carbonyl (C=O) groups excluding carboxylic acids is 1. The molecule has 0 unspecified atom stereocenters. The first-order valence-electron chi connectivity index (χ1n) is 7.40. The number of para-hydroxylation sites is 1. The number of aryl methyl sites for hydroxylation is 1. The number of ether oxygens (including phenoxy) is 1. The first-order valence-corrected chi connectivity index (χ1v) is 8.28. The largest absolute Gasteiger partial charge is 0.434 e. The van der Waals surface area contributed by atoms with Gasteiger partial charge in [0.15, 0.2) is 5.13 Å². The lowest BCUT2D eigenvalue weighted by atomic mass is 10.1. The maximum Gasteiger partial charge on any atom is 0.387 e. The van der Waals surface area contributed by atoms with Gasteiger partial charge in [-0.15, -0.1) is 11.3 Å². The van der Waals surface area contributed by atoms with E-state index < -0.39 is 6.61 Å². The van der Waals surface area contributed by atoms with Gasteiger partial charge in [0.05, 0.1) is 5.69 Å². The molecule has 1 aromatic heterocycles. The summed E-state index contributed by atoms with van der Waals surface area (Å²) < 4.78 is 29.5. The molecule has 0 atom stereocenters. The van der Waals surface area contributed by atoms with E-state index >= 15 is 0 Å². The van der Waals surface area contributed by atoms with E-state index in [-0.39, 0.29) is 11.7 Å². The summed E-state index contributed by atoms with van der Waals surface area (Å²) in [7, 11) is 0. The maximum atomic E-state index is 12.5. The lowest BCUT2D eigenvalue weighted by Crippen LogP contribution is -2.11. The number of rotatable bonds is 5. The molecule has 0 aliphatic heterocycles. The van der Waals surface area contributed by atoms with E-state index in [1.54, 1.807) is 41.8 Å². The summed E-state index contributed by atoms with van der Waals surface area (Å²) in [6.07, 6.45) is 0. The Morgan fingerprint density at radius 1 is 1.20 bits per heavy atom. The van der Waals surface area contributed by atoms with Crippen molar-refractivity contribution < 1.29 is 18.3 Å². The van der Waals surface area contributed by atoms with Crippen LogP contribution in [0.1, 0.15) is 15.9 Å². The van der Waals surface area contributed by atoms with Gasteiger partial charge in [-0.3, -0.25) is 10.1 Å². The van der Waals surface area contributed by atoms with Gasteiger partial charge in [-0.05, 0) is 31.2 Å². The molecule has 1 amide bonds. The van der Waals surface area contributed by atoms with Crippen LogP contribution in [0.3, 0.4) is 0 Å². The summed E-state index contributed by atoms with van der Waals surface area (Å²) in [5, 5.41) is 4.78. The molecular weight excluding hydrogens is 346 g/mol. The molecule has 0 spiro atoms. The van der Waals surface area contributed by atoms with Crippen molar-refractivity contribution in [3.8, 4) is 17.0 Å². The monoisotopic (exact) mass is 360 g/mol. The van der Waals surface area contributed by atoms with Crippen molar-refractivity contribution in [2.24, 2.45) is 0 Å². The highest BCUT2D eigenvalue weighted by atomic mass is 32.1. The number of aromatic nitrogens is 1. The molecule has 0 radical (unpaired) electrons. The van der Waals surface area contributed by atoms with Gasteiger partial charge in [0.25, 0.3) is 5.91 Å². The summed E-state index contributed by atoms with van der Waals surface area (Å²) in [5.74, 6) is -0.235. The smallest absolute Gasteiger partial charge is 0.387 e. The molecule has 0 aliphatic rings. The van der Waals surface area contributed by atoms with Crippen molar-refractivity contribution in [1.29, 1.82) is 0 Å². The van der Waals surface area contributed by atoms with Gasteiger partial charge in [0.1, 0.15) is 5.75 Å². The molecule has 1 N–H and O–H groups in total. The van der Waals surface area contributed by atoms with E-state index in [4.69, 9.17) is 0 Å². The standard InChI is InChI=1S/C18H14F2N2O2S/c1-11-5-4-6-12(9-11)16(23)22-18-21-14(10-25-18)13-7-2-3-8-15(13)24-17(19)20/h2-10,17H,1H3,(H,21,22,23). The molecular formula is C18H14F2N2O2S. The van der Waals surface area contributed by atoms with Crippen LogP contribution in [0, 0.1) is 6.92 Å². The third-order valence-electron chi connectivity index (χ3n) is 3.38. The van der Waals surface area contributed by atoms with Gasteiger partial charge in [-0.1, -0.05) is 29.8 Å². The van der Waals surface area contributed by atoms with Crippen molar-refractivity contribution in [3.05, 3.63) is 65.0 Å². The highest BCUT2D eigenvalue weighted by Crippen LogP contribution is 2.33. The molecule has 0 bridgehead atoms. The second-order valence-corrected chi connectivity index (χ2v) is 6.09. The number of benzene rings is 2. The van der Waals surface area contributed by atoms with Crippen molar-refractivity contribution in [1.82, 2.24) is 4.98 Å². The van der Waals surface area contributed by atoms with Crippen LogP contribution in [-0.2, 0) is 0 Å². The molecule has 0 saturated carbocycles. The van der Waals surface area contributed by atoms with E-state index in [1.807, 2.05) is 13.0 Å². The van der Waals surface area contributed by atoms with Crippen LogP contribution in [0.2, 0.25) is 0 Å². The Hall–Kier alpha value is -2.80. The summed E-state index contributed by atoms with van der Waals surface area (Å²) in [4.78, 5) is 16.6. The Kier molecular flexibility index (Phi) is 5.04. The highest BCUT2D eigenvalue weighted by Gasteiger charge is 2.14. The fourth-order valence-electron chi connectivity index (χ4n) is 2.29. The second kappa shape index (κ2) is 7.40. The molecule has 3 aromatic rings. The molecule has 0 aliphatic carbocycles. The Bertz CT molecular complexity index is 896. The number of nitrogens with zero attached hydrogens (tertiary/aromatic N) is 1. The normalized spacial score (nSPS) is 10.7. The molecule has 7 heteroatoms. The Morgan fingerprint density at radius 2 is 2.00 bits per heavy atom. The summed E-state index contributed by atoms with van der Waals surface area (Å²) >= 11 is 1.21. The minimum Gasteiger partial charge on any atom is -0.434 e. The minimum atomic E-state index is -2.92. The lowest BCUT2D eigenvalue weighted by Gasteiger charge is -2.08. The molecule has 0 fully saturated rings. The van der Waals surface area contributed by atoms with Crippen LogP contribution < -0.4 is 10.1 Å². The predicted octanol–water partition coefficient (Wildman–Crippen LogP) is 4.97. The number of amides is 1. The van der Waals surface area contributed by atoms with Crippen LogP contribution in [0.5, 0.6) is 5.75 Å². The van der Waals surface area contributed by atoms with Crippen LogP contribution in [-0.4, -0.2) is 17.5 Å². The number of thiazole rings is 1. The van der Waals surface area contributed by atoms with E-state index in [1.165, 1.54) is 17.4 Å². The lowest BCUT2D eigenvalue weighted by molar-refractivity contribution is -0.0494. The molecule has 25 heavy (non-hydrogen) atoms. The molecule has 3 rings (SSSR count). The quantitative estimate of drug-likeness (QED) is 0.699. The maximum absolute atomic E-state index is 12.5. The zero-order valence-electron chi connectivity index (χ0n) is 13.2. The van der Waals surface area contributed by atoms with E-state index in [2.05, 4.69) is 15.0 Å². The zero-order valence-corrected chi connectivity index (χ0v) is 14.0. The second-order valence-electron chi connectivity index (χ2n) is 5.24. The van der Waals surface area contributed by atoms with Crippen LogP contribution in [0.15, 0.2) is 53.9 Å². The number of alkyl halides is 2. The number of anilines is 1. The van der Waals surface area contributed by atoms with Crippen LogP contribution in [0.25, 0.3) is 11.3 Å². The third-order valence-corrected chi connectivity index (χ3v) is 4.14. The van der Waals surface area contributed by atoms with Crippen molar-refractivity contribution in [2.45, 2.75) is 13.5 Å². The minimum absolute atomic E-state index is 0.0411. The van der Waals surface area contributed by atoms with Crippen molar-refractivity contribution in [2.75, 3.05) is 5.32 Å². The average Bonchev–Trinajstić information content (AvgIpc) is 3.03. The topological polar surface area (TPSA) is 51.2 Å². The van der Waals surface area contributed by atoms with Crippen LogP contribution in [0.4, 0.5) is 13.9 Å². The average molecular weight is 360 g/mol. The van der Waals surface area contributed by atoms with Gasteiger partial charge >= 0.3 is 6.61 Å². The summed E-state index contributed by atoms with van der Waals surface area (Å²) in [6, 6.07) is 13.6. The van der Waals surface area contributed by atoms with Gasteiger partial charge in [-0.25, -0.2) is 4.98 Å². The first kappa shape index (κ1) is 17.0. The number of nitrogens with one attached hydrogen (secondary N) is 1. The fourth-order valence-corrected chi connectivity index (χ4v) is 2.99. The predicted molar refractivity (Wildman–Crippen MR) is 93.3 cm³/mol. The van der Waals surface area contributed by atoms with Crippen molar-refractivity contribution in [3.63, 3.8) is 0 Å². The SMILES string of the molecule is Cc1cccc(C(=O)Nc2nc(-c3ccccc3OC(F)F)cs2)c1. The number of hydrogen-bond acceptors (Lipinski definition) is 4. The molecule has 0 saturated heterocycles. The third kappa shape index (κ3) is 4.19. The number of hydrogen-bond donors (Lipinski definition) is 1. The number of halogens is 2. The first-order chi connectivity index (χ1) is 12.0. The van der Waals surface area contributed by atoms with Gasteiger partial charge in [-0.2, -0.15) is 8.78 Å². The van der Waals surface area contributed by atoms with E-state index in [0.29, 0.717) is 22.0 Å². The summed E-state index contributed by atoms with van der Waals surface area (Å²) in [6.45, 7) is -1.02. The van der Waals surface area contributed by atoms with E-state index in [0.717, 1.165) is 5.56 Å². The number of carbonyl (C=O) groups is 1. The zero-order chi connectivity index (χ0) is 17.8.